The highest BCUT2D eigenvalue weighted by Crippen LogP contribution is 2.26. The molecule has 0 unspecified atom stereocenters. The SMILES string of the molecule is CNCCN(C)Cc1ccc2c(c1)CCO2.Cl. The molecule has 0 saturated carbocycles. The molecule has 0 aliphatic carbocycles. The molecule has 2 rings (SSSR count). The first kappa shape index (κ1) is 14.3. The standard InChI is InChI=1S/C13H20N2O.ClH/c1-14-6-7-15(2)10-11-3-4-13-12(9-11)5-8-16-13;/h3-4,9,14H,5-8,10H2,1-2H3;1H. The summed E-state index contributed by atoms with van der Waals surface area (Å²) in [6.45, 7) is 3.96. The van der Waals surface area contributed by atoms with E-state index in [-0.39, 0.29) is 12.4 Å². The van der Waals surface area contributed by atoms with Crippen LogP contribution < -0.4 is 10.1 Å². The maximum atomic E-state index is 5.50. The van der Waals surface area contributed by atoms with Crippen molar-refractivity contribution in [2.24, 2.45) is 0 Å². The monoisotopic (exact) mass is 256 g/mol. The van der Waals surface area contributed by atoms with Gasteiger partial charge in [-0.3, -0.25) is 0 Å². The molecular formula is C13H21ClN2O. The van der Waals surface area contributed by atoms with Gasteiger partial charge in [-0.1, -0.05) is 12.1 Å². The highest BCUT2D eigenvalue weighted by Gasteiger charge is 2.12. The van der Waals surface area contributed by atoms with E-state index in [1.165, 1.54) is 11.1 Å². The van der Waals surface area contributed by atoms with Crippen LogP contribution in [-0.2, 0) is 13.0 Å². The van der Waals surface area contributed by atoms with E-state index in [1.54, 1.807) is 0 Å². The number of nitrogens with one attached hydrogen (secondary N) is 1. The predicted octanol–water partition coefficient (Wildman–Crippen LogP) is 1.69. The van der Waals surface area contributed by atoms with Crippen LogP contribution in [-0.4, -0.2) is 38.7 Å². The Kier molecular flexibility index (Phi) is 5.75. The summed E-state index contributed by atoms with van der Waals surface area (Å²) in [5.41, 5.74) is 2.74. The minimum Gasteiger partial charge on any atom is -0.493 e. The van der Waals surface area contributed by atoms with Gasteiger partial charge < -0.3 is 15.0 Å². The van der Waals surface area contributed by atoms with Gasteiger partial charge in [-0.15, -0.1) is 12.4 Å². The van der Waals surface area contributed by atoms with Crippen molar-refractivity contribution < 1.29 is 4.74 Å². The summed E-state index contributed by atoms with van der Waals surface area (Å²) in [5.74, 6) is 1.07. The van der Waals surface area contributed by atoms with Crippen LogP contribution in [0.3, 0.4) is 0 Å². The molecular weight excluding hydrogens is 236 g/mol. The van der Waals surface area contributed by atoms with Crippen molar-refractivity contribution in [2.75, 3.05) is 33.8 Å². The van der Waals surface area contributed by atoms with E-state index in [2.05, 4.69) is 35.5 Å². The molecule has 0 aromatic heterocycles. The van der Waals surface area contributed by atoms with Crippen LogP contribution in [0, 0.1) is 0 Å². The van der Waals surface area contributed by atoms with Crippen molar-refractivity contribution in [2.45, 2.75) is 13.0 Å². The van der Waals surface area contributed by atoms with Crippen LogP contribution >= 0.6 is 12.4 Å². The Labute approximate surface area is 110 Å². The zero-order valence-electron chi connectivity index (χ0n) is 10.5. The number of halogens is 1. The second-order valence-electron chi connectivity index (χ2n) is 4.38. The highest BCUT2D eigenvalue weighted by molar-refractivity contribution is 5.85. The second kappa shape index (κ2) is 6.84. The van der Waals surface area contributed by atoms with Gasteiger partial charge in [0.25, 0.3) is 0 Å². The van der Waals surface area contributed by atoms with Crippen LogP contribution in [0.15, 0.2) is 18.2 Å². The summed E-state index contributed by atoms with van der Waals surface area (Å²) < 4.78 is 5.50. The maximum Gasteiger partial charge on any atom is 0.122 e. The molecule has 1 N–H and O–H groups in total. The summed E-state index contributed by atoms with van der Waals surface area (Å²) in [6.07, 6.45) is 1.06. The normalized spacial score (nSPS) is 13.1. The minimum absolute atomic E-state index is 0. The maximum absolute atomic E-state index is 5.50. The molecule has 1 aliphatic heterocycles. The lowest BCUT2D eigenvalue weighted by Crippen LogP contribution is -2.26. The third kappa shape index (κ3) is 3.87. The summed E-state index contributed by atoms with van der Waals surface area (Å²) in [4.78, 5) is 2.33. The van der Waals surface area contributed by atoms with Crippen LogP contribution in [0.1, 0.15) is 11.1 Å². The number of hydrogen-bond acceptors (Lipinski definition) is 3. The van der Waals surface area contributed by atoms with E-state index < -0.39 is 0 Å². The molecule has 0 spiro atoms. The van der Waals surface area contributed by atoms with E-state index in [0.717, 1.165) is 38.4 Å². The molecule has 1 aromatic carbocycles. The lowest BCUT2D eigenvalue weighted by atomic mass is 10.1. The van der Waals surface area contributed by atoms with Crippen molar-refractivity contribution in [3.8, 4) is 5.75 Å². The van der Waals surface area contributed by atoms with Crippen LogP contribution in [0.5, 0.6) is 5.75 Å². The highest BCUT2D eigenvalue weighted by atomic mass is 35.5. The number of nitrogens with zero attached hydrogens (tertiary/aromatic N) is 1. The Morgan fingerprint density at radius 2 is 2.24 bits per heavy atom. The zero-order valence-corrected chi connectivity index (χ0v) is 11.3. The van der Waals surface area contributed by atoms with Crippen molar-refractivity contribution in [3.05, 3.63) is 29.3 Å². The first-order chi connectivity index (χ1) is 7.79. The smallest absolute Gasteiger partial charge is 0.122 e. The Balaban J connectivity index is 0.00000144. The fourth-order valence-corrected chi connectivity index (χ4v) is 2.03. The number of hydrogen-bond donors (Lipinski definition) is 1. The second-order valence-corrected chi connectivity index (χ2v) is 4.38. The summed E-state index contributed by atoms with van der Waals surface area (Å²) in [6, 6.07) is 6.54. The Morgan fingerprint density at radius 3 is 3.00 bits per heavy atom. The minimum atomic E-state index is 0. The van der Waals surface area contributed by atoms with Crippen molar-refractivity contribution in [3.63, 3.8) is 0 Å². The van der Waals surface area contributed by atoms with Gasteiger partial charge in [0.05, 0.1) is 6.61 Å². The van der Waals surface area contributed by atoms with Gasteiger partial charge in [-0.05, 0) is 31.3 Å². The molecule has 0 bridgehead atoms. The molecule has 4 heteroatoms. The van der Waals surface area contributed by atoms with Crippen molar-refractivity contribution in [1.29, 1.82) is 0 Å². The fourth-order valence-electron chi connectivity index (χ4n) is 2.03. The molecule has 0 fully saturated rings. The van der Waals surface area contributed by atoms with Crippen LogP contribution in [0.2, 0.25) is 0 Å². The molecule has 1 heterocycles. The molecule has 3 nitrogen and oxygen atoms in total. The molecule has 1 aliphatic rings. The summed E-state index contributed by atoms with van der Waals surface area (Å²) in [5, 5.41) is 3.16. The van der Waals surface area contributed by atoms with Gasteiger partial charge in [-0.2, -0.15) is 0 Å². The van der Waals surface area contributed by atoms with E-state index >= 15 is 0 Å². The number of benzene rings is 1. The topological polar surface area (TPSA) is 24.5 Å². The van der Waals surface area contributed by atoms with E-state index in [0.29, 0.717) is 0 Å². The van der Waals surface area contributed by atoms with E-state index in [9.17, 15) is 0 Å². The number of rotatable bonds is 5. The van der Waals surface area contributed by atoms with Crippen molar-refractivity contribution >= 4 is 12.4 Å². The number of fused-ring (bicyclic) bond motifs is 1. The number of likely N-dealkylation sites (N-methyl/N-ethyl adjacent to an activating group) is 2. The van der Waals surface area contributed by atoms with Gasteiger partial charge in [0.15, 0.2) is 0 Å². The third-order valence-corrected chi connectivity index (χ3v) is 2.95. The van der Waals surface area contributed by atoms with Gasteiger partial charge >= 0.3 is 0 Å². The molecule has 0 saturated heterocycles. The fraction of sp³-hybridized carbons (Fsp3) is 0.538. The average molecular weight is 257 g/mol. The predicted molar refractivity (Wildman–Crippen MR) is 73.1 cm³/mol. The largest absolute Gasteiger partial charge is 0.493 e. The van der Waals surface area contributed by atoms with Gasteiger partial charge in [0, 0.05) is 26.1 Å². The van der Waals surface area contributed by atoms with Crippen LogP contribution in [0.25, 0.3) is 0 Å². The lowest BCUT2D eigenvalue weighted by Gasteiger charge is -2.16. The first-order valence-electron chi connectivity index (χ1n) is 5.87. The molecule has 0 atom stereocenters. The average Bonchev–Trinajstić information content (AvgIpc) is 2.73. The van der Waals surface area contributed by atoms with E-state index in [1.807, 2.05) is 7.05 Å². The van der Waals surface area contributed by atoms with E-state index in [4.69, 9.17) is 4.74 Å². The summed E-state index contributed by atoms with van der Waals surface area (Å²) in [7, 11) is 4.14. The van der Waals surface area contributed by atoms with Gasteiger partial charge in [0.1, 0.15) is 5.75 Å². The van der Waals surface area contributed by atoms with Gasteiger partial charge in [0.2, 0.25) is 0 Å². The molecule has 1 aromatic rings. The molecule has 17 heavy (non-hydrogen) atoms. The molecule has 0 amide bonds. The van der Waals surface area contributed by atoms with Gasteiger partial charge in [-0.25, -0.2) is 0 Å². The first-order valence-corrected chi connectivity index (χ1v) is 5.87. The number of ether oxygens (including phenoxy) is 1. The lowest BCUT2D eigenvalue weighted by molar-refractivity contribution is 0.328. The van der Waals surface area contributed by atoms with Crippen LogP contribution in [0.4, 0.5) is 0 Å². The quantitative estimate of drug-likeness (QED) is 0.868. The molecule has 96 valence electrons. The van der Waals surface area contributed by atoms with Crippen molar-refractivity contribution in [1.82, 2.24) is 10.2 Å². The Hall–Kier alpha value is -0.770. The summed E-state index contributed by atoms with van der Waals surface area (Å²) >= 11 is 0. The molecule has 0 radical (unpaired) electrons. The Bertz CT molecular complexity index is 357. The zero-order chi connectivity index (χ0) is 11.4. The third-order valence-electron chi connectivity index (χ3n) is 2.95. The Morgan fingerprint density at radius 1 is 1.41 bits per heavy atom.